The first kappa shape index (κ1) is 58.4. The average Bonchev–Trinajstić information content (AvgIpc) is 3.28. The summed E-state index contributed by atoms with van der Waals surface area (Å²) in [5, 5.41) is 40.2. The van der Waals surface area contributed by atoms with E-state index in [2.05, 4.69) is 74.6 Å². The van der Waals surface area contributed by atoms with Gasteiger partial charge in [-0.3, -0.25) is 9.59 Å². The number of aliphatic hydroxyl groups is 4. The van der Waals surface area contributed by atoms with Gasteiger partial charge in [0, 0.05) is 12.8 Å². The van der Waals surface area contributed by atoms with Crippen molar-refractivity contribution in [1.29, 1.82) is 0 Å². The molecule has 1 rings (SSSR count). The number of allylic oxidation sites excluding steroid dienone is 10. The van der Waals surface area contributed by atoms with Gasteiger partial charge in [0.05, 0.1) is 13.2 Å². The molecule has 0 aromatic heterocycles. The number of unbranched alkanes of at least 4 members (excludes halogenated alkanes) is 21. The molecule has 1 saturated heterocycles. The first-order valence-electron chi connectivity index (χ1n) is 25.4. The second-order valence-electron chi connectivity index (χ2n) is 17.3. The fraction of sp³-hybridized carbons (Fsp3) is 0.774. The van der Waals surface area contributed by atoms with Crippen LogP contribution in [-0.4, -0.2) is 89.0 Å². The van der Waals surface area contributed by atoms with Crippen molar-refractivity contribution < 1.29 is 49.0 Å². The Bertz CT molecular complexity index is 1210. The third kappa shape index (κ3) is 34.4. The number of aliphatic hydroxyl groups excluding tert-OH is 4. The third-order valence-corrected chi connectivity index (χ3v) is 11.4. The first-order chi connectivity index (χ1) is 30.8. The maximum atomic E-state index is 12.8. The number of hydrogen-bond donors (Lipinski definition) is 4. The molecule has 10 heteroatoms. The van der Waals surface area contributed by atoms with Crippen LogP contribution in [0.1, 0.15) is 206 Å². The molecular weight excluding hydrogens is 797 g/mol. The molecule has 0 aromatic rings. The normalized spacial score (nSPS) is 20.0. The van der Waals surface area contributed by atoms with Gasteiger partial charge in [-0.2, -0.15) is 0 Å². The highest BCUT2D eigenvalue weighted by molar-refractivity contribution is 5.70. The Kier molecular flexibility index (Phi) is 40.2. The lowest BCUT2D eigenvalue weighted by atomic mass is 9.99. The van der Waals surface area contributed by atoms with Crippen LogP contribution >= 0.6 is 0 Å². The minimum absolute atomic E-state index is 0.219. The molecule has 10 nitrogen and oxygen atoms in total. The van der Waals surface area contributed by atoms with Gasteiger partial charge in [-0.05, 0) is 83.5 Å². The van der Waals surface area contributed by atoms with Crippen LogP contribution in [0.15, 0.2) is 60.8 Å². The summed E-state index contributed by atoms with van der Waals surface area (Å²) in [6.07, 6.45) is 46.5. The van der Waals surface area contributed by atoms with Crippen LogP contribution in [0.25, 0.3) is 0 Å². The van der Waals surface area contributed by atoms with Crippen molar-refractivity contribution in [2.24, 2.45) is 0 Å². The third-order valence-electron chi connectivity index (χ3n) is 11.4. The zero-order chi connectivity index (χ0) is 45.9. The number of carbonyl (C=O) groups is 2. The van der Waals surface area contributed by atoms with Crippen molar-refractivity contribution in [3.63, 3.8) is 0 Å². The highest BCUT2D eigenvalue weighted by Gasteiger charge is 2.44. The fourth-order valence-corrected chi connectivity index (χ4v) is 7.34. The number of carbonyl (C=O) groups excluding carboxylic acids is 2. The summed E-state index contributed by atoms with van der Waals surface area (Å²) in [5.41, 5.74) is 0. The molecule has 0 spiro atoms. The standard InChI is InChI=1S/C53H92O10/c1-3-5-7-9-11-13-15-17-19-21-23-25-27-29-31-33-35-37-39-41-48(55)60-44-46(45-61-53-52(59)51(58)50(57)47(43-54)63-53)62-49(56)42-40-38-36-34-32-30-28-26-24-22-20-18-16-14-12-10-8-6-4-2/h11,13,17-20,23,25,29,31,46-47,50-54,57-59H,3-10,12,14-16,21-22,24,26-28,30,32-45H2,1-2H3/b13-11+,19-17+,20-18+,25-23+,31-29+/t46-,47-,50+,51?,52?,53-/m0/s1. The average molecular weight is 889 g/mol. The summed E-state index contributed by atoms with van der Waals surface area (Å²) in [4.78, 5) is 25.4. The van der Waals surface area contributed by atoms with Gasteiger partial charge in [0.15, 0.2) is 12.4 Å². The Hall–Kier alpha value is -2.60. The number of rotatable bonds is 42. The quantitative estimate of drug-likeness (QED) is 0.0265. The molecule has 6 atom stereocenters. The Labute approximate surface area is 383 Å². The predicted octanol–water partition coefficient (Wildman–Crippen LogP) is 11.8. The topological polar surface area (TPSA) is 152 Å². The summed E-state index contributed by atoms with van der Waals surface area (Å²) < 4.78 is 22.2. The summed E-state index contributed by atoms with van der Waals surface area (Å²) in [6.45, 7) is 3.37. The van der Waals surface area contributed by atoms with Crippen molar-refractivity contribution in [2.75, 3.05) is 19.8 Å². The molecule has 0 aliphatic carbocycles. The molecule has 0 aromatic carbocycles. The molecule has 0 saturated carbocycles. The van der Waals surface area contributed by atoms with E-state index in [1.54, 1.807) is 0 Å². The maximum Gasteiger partial charge on any atom is 0.306 e. The number of hydrogen-bond acceptors (Lipinski definition) is 10. The molecule has 0 radical (unpaired) electrons. The van der Waals surface area contributed by atoms with E-state index in [4.69, 9.17) is 18.9 Å². The zero-order valence-electron chi connectivity index (χ0n) is 39.8. The van der Waals surface area contributed by atoms with Crippen LogP contribution in [-0.2, 0) is 28.5 Å². The Morgan fingerprint density at radius 1 is 0.492 bits per heavy atom. The van der Waals surface area contributed by atoms with Crippen molar-refractivity contribution >= 4 is 11.9 Å². The van der Waals surface area contributed by atoms with E-state index < -0.39 is 55.4 Å². The molecular formula is C53H92O10. The van der Waals surface area contributed by atoms with Gasteiger partial charge in [-0.15, -0.1) is 0 Å². The van der Waals surface area contributed by atoms with Crippen molar-refractivity contribution in [1.82, 2.24) is 0 Å². The zero-order valence-corrected chi connectivity index (χ0v) is 39.8. The summed E-state index contributed by atoms with van der Waals surface area (Å²) >= 11 is 0. The molecule has 2 unspecified atom stereocenters. The number of esters is 2. The van der Waals surface area contributed by atoms with Gasteiger partial charge >= 0.3 is 11.9 Å². The van der Waals surface area contributed by atoms with Crippen LogP contribution in [0.4, 0.5) is 0 Å². The van der Waals surface area contributed by atoms with E-state index in [0.29, 0.717) is 12.8 Å². The molecule has 1 fully saturated rings. The van der Waals surface area contributed by atoms with E-state index in [9.17, 15) is 30.0 Å². The van der Waals surface area contributed by atoms with Gasteiger partial charge in [-0.1, -0.05) is 171 Å². The van der Waals surface area contributed by atoms with Gasteiger partial charge in [0.2, 0.25) is 0 Å². The van der Waals surface area contributed by atoms with Gasteiger partial charge < -0.3 is 39.4 Å². The molecule has 4 N–H and O–H groups in total. The van der Waals surface area contributed by atoms with Crippen molar-refractivity contribution in [3.05, 3.63) is 60.8 Å². The molecule has 63 heavy (non-hydrogen) atoms. The number of ether oxygens (including phenoxy) is 4. The largest absolute Gasteiger partial charge is 0.462 e. The smallest absolute Gasteiger partial charge is 0.306 e. The van der Waals surface area contributed by atoms with Crippen molar-refractivity contribution in [3.8, 4) is 0 Å². The van der Waals surface area contributed by atoms with E-state index in [0.717, 1.165) is 57.8 Å². The lowest BCUT2D eigenvalue weighted by Crippen LogP contribution is -2.59. The van der Waals surface area contributed by atoms with Crippen LogP contribution in [0, 0.1) is 0 Å². The Morgan fingerprint density at radius 2 is 0.889 bits per heavy atom. The summed E-state index contributed by atoms with van der Waals surface area (Å²) in [7, 11) is 0. The van der Waals surface area contributed by atoms with Crippen molar-refractivity contribution in [2.45, 2.75) is 243 Å². The molecule has 364 valence electrons. The highest BCUT2D eigenvalue weighted by atomic mass is 16.7. The van der Waals surface area contributed by atoms with Gasteiger partial charge in [0.1, 0.15) is 31.0 Å². The Balaban J connectivity index is 2.31. The maximum absolute atomic E-state index is 12.8. The molecule has 0 bridgehead atoms. The van der Waals surface area contributed by atoms with Crippen LogP contribution in [0.3, 0.4) is 0 Å². The highest BCUT2D eigenvalue weighted by Crippen LogP contribution is 2.23. The van der Waals surface area contributed by atoms with Crippen LogP contribution in [0.5, 0.6) is 0 Å². The second-order valence-corrected chi connectivity index (χ2v) is 17.3. The van der Waals surface area contributed by atoms with Gasteiger partial charge in [-0.25, -0.2) is 0 Å². The molecule has 1 aliphatic rings. The lowest BCUT2D eigenvalue weighted by molar-refractivity contribution is -0.305. The SMILES string of the molecule is CCCCC/C=C/C/C=C/C/C=C/C/C=C/CCCCCC(=O)OC[C@@H](CO[C@H]1O[C@@H](CO)[C@@H](O)C(O)C1O)OC(=O)CCCCCCCCCCC/C=C/CCCCCCCC. The summed E-state index contributed by atoms with van der Waals surface area (Å²) in [5.74, 6) is -0.844. The Morgan fingerprint density at radius 3 is 1.40 bits per heavy atom. The van der Waals surface area contributed by atoms with Gasteiger partial charge in [0.25, 0.3) is 0 Å². The minimum Gasteiger partial charge on any atom is -0.462 e. The molecule has 1 heterocycles. The lowest BCUT2D eigenvalue weighted by Gasteiger charge is -2.39. The van der Waals surface area contributed by atoms with Crippen LogP contribution < -0.4 is 0 Å². The van der Waals surface area contributed by atoms with E-state index in [1.807, 2.05) is 0 Å². The second kappa shape index (κ2) is 43.3. The summed E-state index contributed by atoms with van der Waals surface area (Å²) in [6, 6.07) is 0. The molecule has 1 aliphatic heterocycles. The minimum atomic E-state index is -1.60. The van der Waals surface area contributed by atoms with Crippen LogP contribution in [0.2, 0.25) is 0 Å². The van der Waals surface area contributed by atoms with E-state index in [1.165, 1.54) is 109 Å². The van der Waals surface area contributed by atoms with E-state index in [-0.39, 0.29) is 26.1 Å². The fourth-order valence-electron chi connectivity index (χ4n) is 7.34. The van der Waals surface area contributed by atoms with E-state index >= 15 is 0 Å². The predicted molar refractivity (Wildman–Crippen MR) is 256 cm³/mol. The monoisotopic (exact) mass is 889 g/mol. The first-order valence-corrected chi connectivity index (χ1v) is 25.4. The molecule has 0 amide bonds.